The lowest BCUT2D eigenvalue weighted by Crippen LogP contribution is -2.57. The molecule has 0 fully saturated rings. The molecule has 202 valence electrons. The van der Waals surface area contributed by atoms with Gasteiger partial charge < -0.3 is 30.1 Å². The highest BCUT2D eigenvalue weighted by atomic mass is 16.6. The number of alkyl carbamates (subject to hydrolysis) is 1. The highest BCUT2D eigenvalue weighted by Gasteiger charge is 2.42. The quantitative estimate of drug-likeness (QED) is 0.483. The third-order valence-electron chi connectivity index (χ3n) is 5.49. The molecule has 0 heterocycles. The van der Waals surface area contributed by atoms with E-state index in [2.05, 4.69) is 10.6 Å². The Morgan fingerprint density at radius 2 is 1.57 bits per heavy atom. The van der Waals surface area contributed by atoms with Crippen molar-refractivity contribution in [2.75, 3.05) is 12.4 Å². The molecule has 0 aliphatic heterocycles. The van der Waals surface area contributed by atoms with Crippen molar-refractivity contribution < 1.29 is 29.0 Å². The third kappa shape index (κ3) is 7.87. The number of para-hydroxylation sites is 1. The summed E-state index contributed by atoms with van der Waals surface area (Å²) >= 11 is 0. The first-order chi connectivity index (χ1) is 17.0. The number of nitrogens with zero attached hydrogens (tertiary/aromatic N) is 1. The minimum absolute atomic E-state index is 0.0906. The third-order valence-corrected chi connectivity index (χ3v) is 5.49. The van der Waals surface area contributed by atoms with E-state index in [4.69, 9.17) is 9.47 Å². The van der Waals surface area contributed by atoms with Crippen LogP contribution >= 0.6 is 0 Å². The molecular weight excluding hydrogens is 474 g/mol. The molecule has 9 nitrogen and oxygen atoms in total. The van der Waals surface area contributed by atoms with E-state index < -0.39 is 41.1 Å². The second kappa shape index (κ2) is 11.5. The molecule has 2 aromatic carbocycles. The number of rotatable bonds is 7. The Hall–Kier alpha value is -3.75. The second-order valence-corrected chi connectivity index (χ2v) is 10.9. The molecule has 0 bridgehead atoms. The number of amides is 3. The minimum atomic E-state index is -1.21. The van der Waals surface area contributed by atoms with Gasteiger partial charge in [0, 0.05) is 16.8 Å². The summed E-state index contributed by atoms with van der Waals surface area (Å²) in [5.74, 6) is -0.514. The lowest BCUT2D eigenvalue weighted by molar-refractivity contribution is -0.146. The normalized spacial score (nSPS) is 13.2. The van der Waals surface area contributed by atoms with Crippen LogP contribution in [0.2, 0.25) is 0 Å². The van der Waals surface area contributed by atoms with Crippen LogP contribution in [0, 0.1) is 6.92 Å². The minimum Gasteiger partial charge on any atom is -0.507 e. The van der Waals surface area contributed by atoms with Crippen molar-refractivity contribution in [1.29, 1.82) is 0 Å². The summed E-state index contributed by atoms with van der Waals surface area (Å²) in [6.45, 7) is 13.8. The smallest absolute Gasteiger partial charge is 0.408 e. The number of phenolic OH excluding ortho intramolecular Hbond substituents is 1. The van der Waals surface area contributed by atoms with Gasteiger partial charge in [-0.25, -0.2) is 4.79 Å². The van der Waals surface area contributed by atoms with E-state index in [1.54, 1.807) is 98.0 Å². The number of aryl methyl sites for hydroxylation is 1. The Morgan fingerprint density at radius 3 is 2.08 bits per heavy atom. The number of anilines is 1. The van der Waals surface area contributed by atoms with Gasteiger partial charge in [0.15, 0.2) is 0 Å². The number of hydrogen-bond donors (Lipinski definition) is 3. The summed E-state index contributed by atoms with van der Waals surface area (Å²) in [7, 11) is 1.55. The molecule has 37 heavy (non-hydrogen) atoms. The predicted molar refractivity (Wildman–Crippen MR) is 143 cm³/mol. The van der Waals surface area contributed by atoms with Crippen molar-refractivity contribution in [3.8, 4) is 11.5 Å². The van der Waals surface area contributed by atoms with Crippen LogP contribution < -0.4 is 15.4 Å². The Morgan fingerprint density at radius 1 is 0.973 bits per heavy atom. The van der Waals surface area contributed by atoms with Gasteiger partial charge in [0.05, 0.1) is 7.11 Å². The lowest BCUT2D eigenvalue weighted by atomic mass is 9.94. The van der Waals surface area contributed by atoms with Crippen LogP contribution in [0.4, 0.5) is 10.5 Å². The fraction of sp³-hybridized carbons (Fsp3) is 0.464. The van der Waals surface area contributed by atoms with Crippen molar-refractivity contribution in [2.24, 2.45) is 0 Å². The van der Waals surface area contributed by atoms with Gasteiger partial charge in [0.2, 0.25) is 5.91 Å². The van der Waals surface area contributed by atoms with Gasteiger partial charge in [-0.1, -0.05) is 18.2 Å². The zero-order chi connectivity index (χ0) is 28.1. The molecule has 0 saturated carbocycles. The molecule has 0 spiro atoms. The SMILES string of the molecule is COc1ccc(NC(=O)C(c2cccc(C)c2O)N(C(=O)C(C)NC(=O)OC(C)(C)C)C(C)(C)C)cc1. The average Bonchev–Trinajstić information content (AvgIpc) is 2.77. The van der Waals surface area contributed by atoms with E-state index in [9.17, 15) is 19.5 Å². The van der Waals surface area contributed by atoms with E-state index in [1.807, 2.05) is 0 Å². The summed E-state index contributed by atoms with van der Waals surface area (Å²) in [6, 6.07) is 9.58. The van der Waals surface area contributed by atoms with Gasteiger partial charge in [0.25, 0.3) is 5.91 Å². The maximum Gasteiger partial charge on any atom is 0.408 e. The second-order valence-electron chi connectivity index (χ2n) is 10.9. The fourth-order valence-electron chi connectivity index (χ4n) is 3.78. The van der Waals surface area contributed by atoms with Gasteiger partial charge >= 0.3 is 6.09 Å². The lowest BCUT2D eigenvalue weighted by Gasteiger charge is -2.42. The zero-order valence-electron chi connectivity index (χ0n) is 23.1. The number of nitrogens with one attached hydrogen (secondary N) is 2. The molecule has 0 aromatic heterocycles. The van der Waals surface area contributed by atoms with Crippen LogP contribution in [0.15, 0.2) is 42.5 Å². The molecule has 2 unspecified atom stereocenters. The van der Waals surface area contributed by atoms with E-state index in [0.29, 0.717) is 17.0 Å². The summed E-state index contributed by atoms with van der Waals surface area (Å²) in [5, 5.41) is 16.3. The average molecular weight is 514 g/mol. The van der Waals surface area contributed by atoms with E-state index in [0.717, 1.165) is 0 Å². The predicted octanol–water partition coefficient (Wildman–Crippen LogP) is 4.93. The zero-order valence-corrected chi connectivity index (χ0v) is 23.1. The van der Waals surface area contributed by atoms with Crippen LogP contribution in [0.3, 0.4) is 0 Å². The summed E-state index contributed by atoms with van der Waals surface area (Å²) in [5.41, 5.74) is -0.312. The Labute approximate surface area is 219 Å². The maximum absolute atomic E-state index is 13.8. The first-order valence-corrected chi connectivity index (χ1v) is 12.1. The molecule has 3 N–H and O–H groups in total. The standard InChI is InChI=1S/C28H39N3O6/c1-17-11-10-12-21(23(17)32)22(24(33)30-19-13-15-20(36-9)16-14-19)31(27(3,4)5)25(34)18(2)29-26(35)37-28(6,7)8/h10-16,18,22,32H,1-9H3,(H,29,35)(H,30,33). The fourth-order valence-corrected chi connectivity index (χ4v) is 3.78. The Kier molecular flexibility index (Phi) is 9.19. The largest absolute Gasteiger partial charge is 0.507 e. The van der Waals surface area contributed by atoms with Crippen molar-refractivity contribution in [3.63, 3.8) is 0 Å². The summed E-state index contributed by atoms with van der Waals surface area (Å²) in [4.78, 5) is 41.4. The van der Waals surface area contributed by atoms with Crippen molar-refractivity contribution in [1.82, 2.24) is 10.2 Å². The van der Waals surface area contributed by atoms with E-state index in [-0.39, 0.29) is 11.3 Å². The maximum atomic E-state index is 13.8. The molecule has 2 aromatic rings. The highest BCUT2D eigenvalue weighted by Crippen LogP contribution is 2.36. The molecule has 2 atom stereocenters. The first-order valence-electron chi connectivity index (χ1n) is 12.1. The van der Waals surface area contributed by atoms with E-state index >= 15 is 0 Å². The number of benzene rings is 2. The molecule has 3 amide bonds. The Bertz CT molecular complexity index is 1120. The number of phenols is 1. The molecule has 0 radical (unpaired) electrons. The van der Waals surface area contributed by atoms with Gasteiger partial charge in [-0.15, -0.1) is 0 Å². The number of ether oxygens (including phenoxy) is 2. The van der Waals surface area contributed by atoms with Crippen LogP contribution in [0.25, 0.3) is 0 Å². The molecule has 0 aliphatic rings. The number of carbonyl (C=O) groups is 3. The number of hydrogen-bond acceptors (Lipinski definition) is 6. The molecule has 0 saturated heterocycles. The van der Waals surface area contributed by atoms with Gasteiger partial charge in [0.1, 0.15) is 29.2 Å². The summed E-state index contributed by atoms with van der Waals surface area (Å²) in [6.07, 6.45) is -0.750. The van der Waals surface area contributed by atoms with Crippen molar-refractivity contribution in [2.45, 2.75) is 78.6 Å². The molecule has 9 heteroatoms. The van der Waals surface area contributed by atoms with Crippen molar-refractivity contribution >= 4 is 23.6 Å². The van der Waals surface area contributed by atoms with Crippen LogP contribution in [-0.2, 0) is 14.3 Å². The number of methoxy groups -OCH3 is 1. The monoisotopic (exact) mass is 513 g/mol. The topological polar surface area (TPSA) is 117 Å². The number of aromatic hydroxyl groups is 1. The van der Waals surface area contributed by atoms with Gasteiger partial charge in [-0.2, -0.15) is 0 Å². The Balaban J connectivity index is 2.53. The van der Waals surface area contributed by atoms with E-state index in [1.165, 1.54) is 11.8 Å². The van der Waals surface area contributed by atoms with Gasteiger partial charge in [-0.05, 0) is 85.2 Å². The van der Waals surface area contributed by atoms with Crippen LogP contribution in [0.1, 0.15) is 65.6 Å². The molecule has 2 rings (SSSR count). The first kappa shape index (κ1) is 29.5. The van der Waals surface area contributed by atoms with Crippen LogP contribution in [-0.4, -0.2) is 52.2 Å². The highest BCUT2D eigenvalue weighted by molar-refractivity contribution is 5.99. The van der Waals surface area contributed by atoms with Crippen LogP contribution in [0.5, 0.6) is 11.5 Å². The molecular formula is C28H39N3O6. The molecule has 0 aliphatic carbocycles. The van der Waals surface area contributed by atoms with Crippen molar-refractivity contribution in [3.05, 3.63) is 53.6 Å². The summed E-state index contributed by atoms with van der Waals surface area (Å²) < 4.78 is 10.5. The number of carbonyl (C=O) groups excluding carboxylic acids is 3. The van der Waals surface area contributed by atoms with Gasteiger partial charge in [-0.3, -0.25) is 9.59 Å².